The van der Waals surface area contributed by atoms with Crippen LogP contribution in [0.1, 0.15) is 42.9 Å². The van der Waals surface area contributed by atoms with Crippen molar-refractivity contribution in [2.75, 3.05) is 19.6 Å². The highest BCUT2D eigenvalue weighted by Gasteiger charge is 2.31. The predicted octanol–water partition coefficient (Wildman–Crippen LogP) is 4.70. The summed E-state index contributed by atoms with van der Waals surface area (Å²) in [6, 6.07) is 6.65. The Hall–Kier alpha value is -1.00. The molecule has 0 spiro atoms. The number of H-pyrrole nitrogens is 1. The molecule has 1 aromatic heterocycles. The fourth-order valence-electron chi connectivity index (χ4n) is 3.81. The van der Waals surface area contributed by atoms with Gasteiger partial charge in [0.1, 0.15) is 6.01 Å². The largest absolute Gasteiger partial charge is 0.358 e. The summed E-state index contributed by atoms with van der Waals surface area (Å²) >= 11 is 1.28. The minimum absolute atomic E-state index is 0.355. The predicted molar refractivity (Wildman–Crippen MR) is 91.5 cm³/mol. The molecule has 4 rings (SSSR count). The van der Waals surface area contributed by atoms with Crippen LogP contribution >= 0.6 is 11.8 Å². The van der Waals surface area contributed by atoms with Gasteiger partial charge in [-0.05, 0) is 75.4 Å². The second-order valence-electron chi connectivity index (χ2n) is 6.73. The average Bonchev–Trinajstić information content (AvgIpc) is 3.19. The zero-order valence-corrected chi connectivity index (χ0v) is 13.9. The second kappa shape index (κ2) is 5.89. The molecule has 1 saturated carbocycles. The van der Waals surface area contributed by atoms with E-state index >= 15 is 0 Å². The number of nitrogens with one attached hydrogen (secondary N) is 1. The highest BCUT2D eigenvalue weighted by molar-refractivity contribution is 7.99. The summed E-state index contributed by atoms with van der Waals surface area (Å²) in [5, 5.41) is 1.32. The molecule has 1 N–H and O–H groups in total. The van der Waals surface area contributed by atoms with Gasteiger partial charge in [0.2, 0.25) is 0 Å². The summed E-state index contributed by atoms with van der Waals surface area (Å²) < 4.78 is 12.7. The van der Waals surface area contributed by atoms with Crippen molar-refractivity contribution in [2.24, 2.45) is 0 Å². The van der Waals surface area contributed by atoms with Crippen LogP contribution in [0.5, 0.6) is 0 Å². The van der Waals surface area contributed by atoms with Crippen molar-refractivity contribution in [2.45, 2.75) is 49.0 Å². The van der Waals surface area contributed by atoms with Crippen molar-refractivity contribution < 1.29 is 4.39 Å². The number of likely N-dealkylation sites (N-methyl/N-ethyl adjacent to an activating group) is 1. The highest BCUT2D eigenvalue weighted by atomic mass is 32.2. The maximum atomic E-state index is 12.7. The molecule has 4 heteroatoms. The summed E-state index contributed by atoms with van der Waals surface area (Å²) in [4.78, 5) is 7.20. The smallest absolute Gasteiger partial charge is 0.139 e. The quantitative estimate of drug-likeness (QED) is 0.806. The number of likely N-dealkylation sites (tertiary alicyclic amines) is 1. The lowest BCUT2D eigenvalue weighted by atomic mass is 9.99. The first-order valence-electron chi connectivity index (χ1n) is 8.29. The van der Waals surface area contributed by atoms with Gasteiger partial charge in [0.25, 0.3) is 0 Å². The number of thioether (sulfide) groups is 1. The van der Waals surface area contributed by atoms with Crippen molar-refractivity contribution in [3.05, 3.63) is 29.5 Å². The highest BCUT2D eigenvalue weighted by Crippen LogP contribution is 2.44. The molecule has 22 heavy (non-hydrogen) atoms. The van der Waals surface area contributed by atoms with E-state index in [4.69, 9.17) is 0 Å². The Labute approximate surface area is 135 Å². The summed E-state index contributed by atoms with van der Waals surface area (Å²) in [6.45, 7) is 1.22. The van der Waals surface area contributed by atoms with E-state index in [2.05, 4.69) is 29.1 Å². The third-order valence-corrected chi connectivity index (χ3v) is 5.93. The Kier molecular flexibility index (Phi) is 3.91. The summed E-state index contributed by atoms with van der Waals surface area (Å²) in [5.74, 6) is 0.728. The van der Waals surface area contributed by atoms with Gasteiger partial charge in [-0.1, -0.05) is 11.8 Å². The van der Waals surface area contributed by atoms with E-state index in [1.807, 2.05) is 6.07 Å². The van der Waals surface area contributed by atoms with Gasteiger partial charge < -0.3 is 9.88 Å². The third-order valence-electron chi connectivity index (χ3n) is 5.23. The molecule has 118 valence electrons. The van der Waals surface area contributed by atoms with Gasteiger partial charge in [-0.2, -0.15) is 0 Å². The minimum Gasteiger partial charge on any atom is -0.358 e. The lowest BCUT2D eigenvalue weighted by Gasteiger charge is -2.20. The molecule has 0 unspecified atom stereocenters. The molecule has 2 heterocycles. The summed E-state index contributed by atoms with van der Waals surface area (Å²) in [6.07, 6.45) is 6.36. The molecular weight excluding hydrogens is 295 g/mol. The lowest BCUT2D eigenvalue weighted by molar-refractivity contribution is 0.309. The number of fused-ring (bicyclic) bond motifs is 1. The molecule has 1 aromatic carbocycles. The first-order chi connectivity index (χ1) is 10.8. The molecule has 0 radical (unpaired) electrons. The Morgan fingerprint density at radius 1 is 1.32 bits per heavy atom. The third kappa shape index (κ3) is 2.67. The first-order valence-corrected chi connectivity index (χ1v) is 9.28. The number of halogens is 1. The molecule has 2 aromatic rings. The number of hydrogen-bond acceptors (Lipinski definition) is 2. The first kappa shape index (κ1) is 14.6. The van der Waals surface area contributed by atoms with Gasteiger partial charge in [0.05, 0.1) is 0 Å². The number of rotatable bonds is 5. The van der Waals surface area contributed by atoms with Gasteiger partial charge in [0, 0.05) is 27.5 Å². The second-order valence-corrected chi connectivity index (χ2v) is 7.71. The van der Waals surface area contributed by atoms with Crippen LogP contribution in [0.3, 0.4) is 0 Å². The van der Waals surface area contributed by atoms with Gasteiger partial charge in [-0.15, -0.1) is 0 Å². The zero-order chi connectivity index (χ0) is 15.1. The molecule has 2 fully saturated rings. The number of aromatic amines is 1. The van der Waals surface area contributed by atoms with E-state index in [1.54, 1.807) is 0 Å². The molecule has 0 bridgehead atoms. The van der Waals surface area contributed by atoms with E-state index in [0.29, 0.717) is 6.04 Å². The van der Waals surface area contributed by atoms with Crippen LogP contribution < -0.4 is 0 Å². The maximum absolute atomic E-state index is 12.7. The monoisotopic (exact) mass is 318 g/mol. The Bertz CT molecular complexity index is 677. The minimum atomic E-state index is -0.355. The van der Waals surface area contributed by atoms with Crippen LogP contribution in [0.15, 0.2) is 23.1 Å². The van der Waals surface area contributed by atoms with Crippen LogP contribution in [-0.2, 0) is 6.42 Å². The van der Waals surface area contributed by atoms with Gasteiger partial charge >= 0.3 is 0 Å². The van der Waals surface area contributed by atoms with Gasteiger partial charge in [-0.25, -0.2) is 4.39 Å². The van der Waals surface area contributed by atoms with Crippen LogP contribution in [0.25, 0.3) is 10.9 Å². The molecule has 1 saturated heterocycles. The van der Waals surface area contributed by atoms with Crippen molar-refractivity contribution in [3.8, 4) is 0 Å². The van der Waals surface area contributed by atoms with Crippen LogP contribution in [0.4, 0.5) is 4.39 Å². The Morgan fingerprint density at radius 3 is 2.86 bits per heavy atom. The van der Waals surface area contributed by atoms with Gasteiger partial charge in [0.15, 0.2) is 0 Å². The normalized spacial score (nSPS) is 22.7. The van der Waals surface area contributed by atoms with Crippen LogP contribution in [-0.4, -0.2) is 35.5 Å². The maximum Gasteiger partial charge on any atom is 0.139 e. The Morgan fingerprint density at radius 2 is 2.18 bits per heavy atom. The molecule has 2 aliphatic rings. The lowest BCUT2D eigenvalue weighted by Crippen LogP contribution is -2.27. The molecule has 1 atom stereocenters. The topological polar surface area (TPSA) is 19.0 Å². The average molecular weight is 318 g/mol. The summed E-state index contributed by atoms with van der Waals surface area (Å²) in [5.41, 5.74) is 4.18. The van der Waals surface area contributed by atoms with E-state index in [0.717, 1.165) is 17.2 Å². The number of benzene rings is 1. The zero-order valence-electron chi connectivity index (χ0n) is 13.1. The van der Waals surface area contributed by atoms with Gasteiger partial charge in [-0.3, -0.25) is 0 Å². The number of nitrogens with zero attached hydrogens (tertiary/aromatic N) is 1. The van der Waals surface area contributed by atoms with Crippen molar-refractivity contribution in [3.63, 3.8) is 0 Å². The molecule has 1 aliphatic heterocycles. The van der Waals surface area contributed by atoms with Crippen molar-refractivity contribution >= 4 is 22.7 Å². The van der Waals surface area contributed by atoms with E-state index in [-0.39, 0.29) is 6.01 Å². The Balaban J connectivity index is 1.74. The fourth-order valence-corrected chi connectivity index (χ4v) is 4.31. The fraction of sp³-hybridized carbons (Fsp3) is 0.556. The molecule has 0 amide bonds. The van der Waals surface area contributed by atoms with Crippen molar-refractivity contribution in [1.82, 2.24) is 9.88 Å². The van der Waals surface area contributed by atoms with Crippen LogP contribution in [0.2, 0.25) is 0 Å². The summed E-state index contributed by atoms with van der Waals surface area (Å²) in [7, 11) is 2.24. The van der Waals surface area contributed by atoms with Crippen molar-refractivity contribution in [1.29, 1.82) is 0 Å². The molecule has 1 aliphatic carbocycles. The number of aromatic nitrogens is 1. The van der Waals surface area contributed by atoms with E-state index in [9.17, 15) is 4.39 Å². The molecule has 2 nitrogen and oxygen atoms in total. The van der Waals surface area contributed by atoms with E-state index in [1.165, 1.54) is 66.2 Å². The standard InChI is InChI=1S/C18H23FN2S/c1-21-8-2-3-13(21)9-16-15-10-14(22-11-19)6-7-17(15)20-18(16)12-4-5-12/h6-7,10,12-13,20H,2-5,8-9,11H2,1H3/t13-/m1/s1. The number of hydrogen-bond donors (Lipinski definition) is 1. The molecular formula is C18H23FN2S. The SMILES string of the molecule is CN1CCC[C@@H]1Cc1c(C2CC2)[nH]c2ccc(SCF)cc12. The number of alkyl halides is 1. The van der Waals surface area contributed by atoms with E-state index < -0.39 is 0 Å². The van der Waals surface area contributed by atoms with Crippen LogP contribution in [0, 0.1) is 0 Å².